The lowest BCUT2D eigenvalue weighted by molar-refractivity contribution is -0.141. The van der Waals surface area contributed by atoms with Gasteiger partial charge in [-0.15, -0.1) is 16.4 Å². The number of para-hydroxylation sites is 1. The molecule has 4 bridgehead atoms. The Kier molecular flexibility index (Phi) is 15.2. The first kappa shape index (κ1) is 45.6. The highest BCUT2D eigenvalue weighted by molar-refractivity contribution is 7.17. The summed E-state index contributed by atoms with van der Waals surface area (Å²) in [5.74, 6) is -2.06. The molecular weight excluding hydrogens is 841 g/mol. The van der Waals surface area contributed by atoms with Crippen LogP contribution in [-0.4, -0.2) is 118 Å². The van der Waals surface area contributed by atoms with Gasteiger partial charge < -0.3 is 45.5 Å². The van der Waals surface area contributed by atoms with Crippen molar-refractivity contribution in [3.63, 3.8) is 0 Å². The number of carbonyl (C=O) groups is 5. The number of thiophene rings is 1. The highest BCUT2D eigenvalue weighted by Crippen LogP contribution is 2.28. The standard InChI is InChI=1S/C46H54N8O9S/c1-28(2)20-38-46(60)54-25-32(55)23-39(54)45(59)49-37(22-30-27-64-41-11-7-5-8-34(30)41)44(58)48-36(43(57)47-16-18-61-3)21-29-12-14-33(15-13-29)62-19-17-53-24-31(51-52-53)26-63-40-10-6-4-9-35(40)42(56)50-38/h4-15,24,27-28,32,36-39,55H,16-23,25-26H2,1-3H3,(H,47,57)(H,48,58)(H,49,59)(H,50,56)/t32-,36-,37-,38+,39+/m0/s1. The molecule has 18 heteroatoms. The second kappa shape index (κ2) is 21.3. The predicted octanol–water partition coefficient (Wildman–Crippen LogP) is 2.79. The van der Waals surface area contributed by atoms with Crippen LogP contribution in [0.3, 0.4) is 0 Å². The molecule has 5 atom stereocenters. The number of hydrogen-bond acceptors (Lipinski definition) is 12. The molecule has 2 aromatic heterocycles. The Hall–Kier alpha value is -6.37. The maximum Gasteiger partial charge on any atom is 0.255 e. The maximum absolute atomic E-state index is 14.5. The second-order valence-electron chi connectivity index (χ2n) is 16.4. The van der Waals surface area contributed by atoms with Crippen LogP contribution in [0.4, 0.5) is 0 Å². The summed E-state index contributed by atoms with van der Waals surface area (Å²) in [5, 5.41) is 33.7. The van der Waals surface area contributed by atoms with Crippen molar-refractivity contribution in [2.24, 2.45) is 5.92 Å². The molecule has 0 radical (unpaired) electrons. The number of aromatic nitrogens is 3. The van der Waals surface area contributed by atoms with Gasteiger partial charge in [0.1, 0.15) is 54.6 Å². The summed E-state index contributed by atoms with van der Waals surface area (Å²) in [7, 11) is 1.52. The molecule has 3 aliphatic heterocycles. The first-order valence-corrected chi connectivity index (χ1v) is 22.3. The van der Waals surface area contributed by atoms with E-state index in [4.69, 9.17) is 14.2 Å². The monoisotopic (exact) mass is 894 g/mol. The summed E-state index contributed by atoms with van der Waals surface area (Å²) < 4.78 is 19.8. The molecule has 5 amide bonds. The third kappa shape index (κ3) is 11.6. The van der Waals surface area contributed by atoms with Crippen LogP contribution < -0.4 is 30.7 Å². The molecule has 1 fully saturated rings. The van der Waals surface area contributed by atoms with Crippen LogP contribution >= 0.6 is 11.3 Å². The fourth-order valence-corrected chi connectivity index (χ4v) is 8.84. The molecule has 1 saturated heterocycles. The molecule has 338 valence electrons. The van der Waals surface area contributed by atoms with Crippen molar-refractivity contribution in [2.75, 3.05) is 33.4 Å². The smallest absolute Gasteiger partial charge is 0.255 e. The summed E-state index contributed by atoms with van der Waals surface area (Å²) in [6.07, 6.45) is 0.983. The van der Waals surface area contributed by atoms with Crippen molar-refractivity contribution >= 4 is 51.0 Å². The van der Waals surface area contributed by atoms with Crippen molar-refractivity contribution in [3.05, 3.63) is 107 Å². The van der Waals surface area contributed by atoms with Crippen molar-refractivity contribution < 1.29 is 43.3 Å². The number of hydrogen-bond donors (Lipinski definition) is 5. The molecule has 64 heavy (non-hydrogen) atoms. The first-order chi connectivity index (χ1) is 30.9. The number of benzene rings is 3. The zero-order valence-corrected chi connectivity index (χ0v) is 36.8. The largest absolute Gasteiger partial charge is 0.492 e. The number of fused-ring (bicyclic) bond motifs is 15. The first-order valence-electron chi connectivity index (χ1n) is 21.4. The number of nitrogens with one attached hydrogen (secondary N) is 4. The number of ether oxygens (including phenoxy) is 3. The Morgan fingerprint density at radius 3 is 2.55 bits per heavy atom. The molecule has 17 nitrogen and oxygen atoms in total. The van der Waals surface area contributed by atoms with E-state index in [0.29, 0.717) is 18.0 Å². The van der Waals surface area contributed by atoms with Crippen molar-refractivity contribution in [2.45, 2.75) is 83.0 Å². The predicted molar refractivity (Wildman–Crippen MR) is 238 cm³/mol. The Bertz CT molecular complexity index is 2420. The van der Waals surface area contributed by atoms with E-state index < -0.39 is 59.8 Å². The van der Waals surface area contributed by atoms with E-state index in [9.17, 15) is 29.1 Å². The van der Waals surface area contributed by atoms with Crippen molar-refractivity contribution in [3.8, 4) is 11.5 Å². The lowest BCUT2D eigenvalue weighted by Gasteiger charge is -2.30. The molecule has 0 aliphatic carbocycles. The number of aliphatic hydroxyl groups excluding tert-OH is 1. The molecule has 5 N–H and O–H groups in total. The van der Waals surface area contributed by atoms with Gasteiger partial charge >= 0.3 is 0 Å². The van der Waals surface area contributed by atoms with Crippen LogP contribution in [-0.2, 0) is 49.9 Å². The van der Waals surface area contributed by atoms with Gasteiger partial charge in [0.25, 0.3) is 5.91 Å². The normalized spacial score (nSPS) is 21.5. The molecular formula is C46H54N8O9S. The van der Waals surface area contributed by atoms with E-state index in [-0.39, 0.29) is 75.8 Å². The van der Waals surface area contributed by atoms with Gasteiger partial charge in [0.05, 0.1) is 31.0 Å². The highest BCUT2D eigenvalue weighted by Gasteiger charge is 2.43. The molecule has 8 rings (SSSR count). The Labute approximate surface area is 374 Å². The number of rotatable bonds is 8. The van der Waals surface area contributed by atoms with Crippen LogP contribution in [0.25, 0.3) is 10.1 Å². The number of methoxy groups -OCH3 is 1. The summed E-state index contributed by atoms with van der Waals surface area (Å²) in [4.78, 5) is 72.5. The van der Waals surface area contributed by atoms with Crippen LogP contribution in [0.15, 0.2) is 84.4 Å². The van der Waals surface area contributed by atoms with Gasteiger partial charge in [-0.2, -0.15) is 0 Å². The molecule has 5 aromatic rings. The number of carbonyl (C=O) groups excluding carboxylic acids is 5. The average Bonchev–Trinajstić information content (AvgIpc) is 4.03. The fourth-order valence-electron chi connectivity index (χ4n) is 7.86. The summed E-state index contributed by atoms with van der Waals surface area (Å²) in [6, 6.07) is 17.0. The van der Waals surface area contributed by atoms with Gasteiger partial charge in [-0.05, 0) is 64.6 Å². The van der Waals surface area contributed by atoms with Crippen LogP contribution in [0.5, 0.6) is 11.5 Å². The van der Waals surface area contributed by atoms with E-state index in [1.807, 2.05) is 55.6 Å². The lowest BCUT2D eigenvalue weighted by atomic mass is 10.0. The topological polar surface area (TPSA) is 215 Å². The van der Waals surface area contributed by atoms with Crippen molar-refractivity contribution in [1.82, 2.24) is 41.2 Å². The number of aliphatic hydroxyl groups is 1. The molecule has 0 spiro atoms. The van der Waals surface area contributed by atoms with E-state index in [0.717, 1.165) is 21.2 Å². The number of amides is 5. The number of nitrogens with zero attached hydrogens (tertiary/aromatic N) is 4. The molecule has 0 saturated carbocycles. The maximum atomic E-state index is 14.5. The van der Waals surface area contributed by atoms with Gasteiger partial charge in [-0.3, -0.25) is 24.0 Å². The minimum absolute atomic E-state index is 0.00973. The minimum Gasteiger partial charge on any atom is -0.492 e. The minimum atomic E-state index is -1.20. The van der Waals surface area contributed by atoms with E-state index in [1.54, 1.807) is 47.3 Å². The SMILES string of the molecule is COCCNC(=O)[C@@H]1Cc2ccc(cc2)OCCn2cc(nn2)COc2ccccc2C(=O)N[C@H](CC(C)C)C(=O)N2C[C@@H](O)C[C@@H]2C(=O)N[C@@H](Cc2csc3ccccc23)C(=O)N1. The summed E-state index contributed by atoms with van der Waals surface area (Å²) >= 11 is 1.50. The summed E-state index contributed by atoms with van der Waals surface area (Å²) in [5.41, 5.74) is 2.24. The Balaban J connectivity index is 1.22. The highest BCUT2D eigenvalue weighted by atomic mass is 32.1. The zero-order valence-electron chi connectivity index (χ0n) is 36.0. The van der Waals surface area contributed by atoms with Crippen molar-refractivity contribution in [1.29, 1.82) is 0 Å². The van der Waals surface area contributed by atoms with E-state index in [1.165, 1.54) is 23.3 Å². The molecule has 3 aliphatic rings. The third-order valence-corrected chi connectivity index (χ3v) is 12.1. The second-order valence-corrected chi connectivity index (χ2v) is 17.3. The Morgan fingerprint density at radius 1 is 0.969 bits per heavy atom. The van der Waals surface area contributed by atoms with Gasteiger partial charge in [-0.1, -0.05) is 61.5 Å². The van der Waals surface area contributed by atoms with Gasteiger partial charge in [0.15, 0.2) is 0 Å². The van der Waals surface area contributed by atoms with Crippen LogP contribution in [0.1, 0.15) is 53.9 Å². The van der Waals surface area contributed by atoms with Crippen LogP contribution in [0, 0.1) is 5.92 Å². The zero-order chi connectivity index (χ0) is 45.2. The quantitative estimate of drug-likeness (QED) is 0.143. The Morgan fingerprint density at radius 2 is 1.75 bits per heavy atom. The summed E-state index contributed by atoms with van der Waals surface area (Å²) in [6.45, 7) is 4.77. The fraction of sp³-hybridized carbons (Fsp3) is 0.413. The van der Waals surface area contributed by atoms with E-state index >= 15 is 0 Å². The van der Waals surface area contributed by atoms with Crippen LogP contribution in [0.2, 0.25) is 0 Å². The third-order valence-electron chi connectivity index (χ3n) is 11.1. The van der Waals surface area contributed by atoms with E-state index in [2.05, 4.69) is 31.6 Å². The van der Waals surface area contributed by atoms with Gasteiger partial charge in [-0.25, -0.2) is 4.68 Å². The van der Waals surface area contributed by atoms with Gasteiger partial charge in [0.2, 0.25) is 23.6 Å². The lowest BCUT2D eigenvalue weighted by Crippen LogP contribution is -2.58. The molecule has 0 unspecified atom stereocenters. The average molecular weight is 895 g/mol. The molecule has 5 heterocycles. The molecule has 3 aromatic carbocycles. The van der Waals surface area contributed by atoms with Gasteiger partial charge in [0, 0.05) is 44.2 Å².